The van der Waals surface area contributed by atoms with Crippen LogP contribution in [0.3, 0.4) is 0 Å². The number of hydrogen-bond acceptors (Lipinski definition) is 6. The van der Waals surface area contributed by atoms with E-state index in [2.05, 4.69) is 9.46 Å². The minimum atomic E-state index is -4.91. The van der Waals surface area contributed by atoms with Crippen molar-refractivity contribution in [3.63, 3.8) is 0 Å². The number of nitrogens with zero attached hydrogens (tertiary/aromatic N) is 2. The van der Waals surface area contributed by atoms with E-state index in [0.717, 1.165) is 28.6 Å². The van der Waals surface area contributed by atoms with Crippen LogP contribution >= 0.6 is 0 Å². The Morgan fingerprint density at radius 3 is 1.87 bits per heavy atom. The maximum Gasteiger partial charge on any atom is 0.573 e. The number of anilines is 2. The Hall–Kier alpha value is -2.51. The average Bonchev–Trinajstić information content (AvgIpc) is 2.60. The van der Waals surface area contributed by atoms with Gasteiger partial charge in [-0.05, 0) is 42.5 Å². The molecule has 2 aromatic rings. The van der Waals surface area contributed by atoms with E-state index in [1.807, 2.05) is 0 Å². The number of rotatable bonds is 7. The highest BCUT2D eigenvalue weighted by Gasteiger charge is 2.31. The fourth-order valence-corrected chi connectivity index (χ4v) is 4.38. The quantitative estimate of drug-likeness (QED) is 0.673. The van der Waals surface area contributed by atoms with Gasteiger partial charge in [0.15, 0.2) is 0 Å². The van der Waals surface area contributed by atoms with Gasteiger partial charge >= 0.3 is 6.36 Å². The van der Waals surface area contributed by atoms with Crippen molar-refractivity contribution < 1.29 is 34.7 Å². The zero-order valence-electron chi connectivity index (χ0n) is 16.4. The Kier molecular flexibility index (Phi) is 6.59. The summed E-state index contributed by atoms with van der Waals surface area (Å²) in [7, 11) is -2.12. The fraction of sp³-hybridized carbons (Fsp3) is 0.294. The predicted octanol–water partition coefficient (Wildman–Crippen LogP) is 2.70. The molecule has 0 saturated carbocycles. The van der Waals surface area contributed by atoms with Crippen molar-refractivity contribution in [3.05, 3.63) is 42.5 Å². The first-order chi connectivity index (χ1) is 13.6. The molecular weight excluding hydrogens is 447 g/mol. The van der Waals surface area contributed by atoms with E-state index in [1.54, 1.807) is 19.0 Å². The van der Waals surface area contributed by atoms with Crippen LogP contribution in [0.4, 0.5) is 24.5 Å². The van der Waals surface area contributed by atoms with Crippen LogP contribution in [0.15, 0.2) is 52.3 Å². The molecule has 0 aliphatic heterocycles. The summed E-state index contributed by atoms with van der Waals surface area (Å²) in [4.78, 5) is 1.11. The molecule has 0 aliphatic rings. The molecule has 13 heteroatoms. The summed E-state index contributed by atoms with van der Waals surface area (Å²) in [5.41, 5.74) is 0.367. The summed E-state index contributed by atoms with van der Waals surface area (Å²) in [6.45, 7) is 0. The smallest absolute Gasteiger partial charge is 0.406 e. The second-order valence-corrected chi connectivity index (χ2v) is 10.3. The summed E-state index contributed by atoms with van der Waals surface area (Å²) >= 11 is 0. The lowest BCUT2D eigenvalue weighted by Crippen LogP contribution is -2.23. The van der Waals surface area contributed by atoms with Crippen LogP contribution in [0.25, 0.3) is 0 Å². The lowest BCUT2D eigenvalue weighted by Gasteiger charge is -2.20. The number of ether oxygens (including phenoxy) is 1. The first kappa shape index (κ1) is 23.8. The van der Waals surface area contributed by atoms with Gasteiger partial charge in [0.25, 0.3) is 10.0 Å². The molecule has 0 aromatic heterocycles. The molecule has 2 aromatic carbocycles. The van der Waals surface area contributed by atoms with Gasteiger partial charge in [0, 0.05) is 28.2 Å². The van der Waals surface area contributed by atoms with Crippen LogP contribution in [0.1, 0.15) is 0 Å². The molecule has 30 heavy (non-hydrogen) atoms. The van der Waals surface area contributed by atoms with E-state index < -0.39 is 32.2 Å². The maximum absolute atomic E-state index is 12.7. The summed E-state index contributed by atoms with van der Waals surface area (Å²) in [6.07, 6.45) is -4.91. The Morgan fingerprint density at radius 1 is 0.867 bits per heavy atom. The zero-order valence-corrected chi connectivity index (χ0v) is 18.1. The van der Waals surface area contributed by atoms with Crippen molar-refractivity contribution in [1.82, 2.24) is 4.31 Å². The maximum atomic E-state index is 12.7. The average molecular weight is 467 g/mol. The van der Waals surface area contributed by atoms with Crippen LogP contribution in [0, 0.1) is 0 Å². The van der Waals surface area contributed by atoms with Crippen molar-refractivity contribution in [2.75, 3.05) is 37.8 Å². The van der Waals surface area contributed by atoms with Gasteiger partial charge < -0.3 is 9.64 Å². The Labute approximate surface area is 173 Å². The first-order valence-corrected chi connectivity index (χ1v) is 11.2. The number of sulfonamides is 2. The minimum absolute atomic E-state index is 0.0152. The van der Waals surface area contributed by atoms with Gasteiger partial charge in [0.2, 0.25) is 10.0 Å². The van der Waals surface area contributed by atoms with Gasteiger partial charge in [0.1, 0.15) is 5.75 Å². The molecule has 0 saturated heterocycles. The van der Waals surface area contributed by atoms with Crippen LogP contribution in [0.5, 0.6) is 5.75 Å². The zero-order chi connectivity index (χ0) is 22.9. The SMILES string of the molecule is CN(C)c1ccc(S(=O)(=O)N(C)C)cc1NS(=O)(=O)c1ccc(OC(F)(F)F)cc1. The van der Waals surface area contributed by atoms with Crippen molar-refractivity contribution in [2.24, 2.45) is 0 Å². The number of nitrogens with one attached hydrogen (secondary N) is 1. The topological polar surface area (TPSA) is 96.0 Å². The van der Waals surface area contributed by atoms with Gasteiger partial charge in [-0.1, -0.05) is 0 Å². The Bertz CT molecular complexity index is 1110. The largest absolute Gasteiger partial charge is 0.573 e. The van der Waals surface area contributed by atoms with E-state index in [1.165, 1.54) is 32.3 Å². The van der Waals surface area contributed by atoms with E-state index in [4.69, 9.17) is 0 Å². The summed E-state index contributed by atoms with van der Waals surface area (Å²) in [5, 5.41) is 0. The molecular formula is C17H20F3N3O5S2. The molecule has 1 N–H and O–H groups in total. The predicted molar refractivity (Wildman–Crippen MR) is 106 cm³/mol. The molecule has 0 bridgehead atoms. The molecule has 0 aliphatic carbocycles. The molecule has 0 fully saturated rings. The van der Waals surface area contributed by atoms with Gasteiger partial charge in [-0.2, -0.15) is 0 Å². The summed E-state index contributed by atoms with van der Waals surface area (Å²) in [6, 6.07) is 7.56. The second kappa shape index (κ2) is 8.32. The van der Waals surface area contributed by atoms with Crippen LogP contribution in [0.2, 0.25) is 0 Å². The van der Waals surface area contributed by atoms with Crippen molar-refractivity contribution in [1.29, 1.82) is 0 Å². The number of benzene rings is 2. The molecule has 0 spiro atoms. The van der Waals surface area contributed by atoms with E-state index in [-0.39, 0.29) is 15.5 Å². The molecule has 0 unspecified atom stereocenters. The van der Waals surface area contributed by atoms with Crippen molar-refractivity contribution in [2.45, 2.75) is 16.2 Å². The first-order valence-electron chi connectivity index (χ1n) is 8.26. The van der Waals surface area contributed by atoms with Gasteiger partial charge in [0.05, 0.1) is 21.2 Å². The molecule has 0 amide bonds. The van der Waals surface area contributed by atoms with Gasteiger partial charge in [-0.3, -0.25) is 4.72 Å². The summed E-state index contributed by atoms with van der Waals surface area (Å²) < 4.78 is 94.0. The third-order valence-electron chi connectivity index (χ3n) is 3.84. The lowest BCUT2D eigenvalue weighted by molar-refractivity contribution is -0.274. The third-order valence-corrected chi connectivity index (χ3v) is 7.03. The molecule has 0 atom stereocenters. The van der Waals surface area contributed by atoms with E-state index >= 15 is 0 Å². The number of alkyl halides is 3. The molecule has 0 radical (unpaired) electrons. The number of hydrogen-bond donors (Lipinski definition) is 1. The highest BCUT2D eigenvalue weighted by atomic mass is 32.2. The highest BCUT2D eigenvalue weighted by molar-refractivity contribution is 7.92. The molecule has 166 valence electrons. The second-order valence-electron chi connectivity index (χ2n) is 6.49. The minimum Gasteiger partial charge on any atom is -0.406 e. The standard InChI is InChI=1S/C17H20F3N3O5S2/c1-22(2)16-10-9-14(30(26,27)23(3)4)11-15(16)21-29(24,25)13-7-5-12(6-8-13)28-17(18,19)20/h5-11,21H,1-4H3. The van der Waals surface area contributed by atoms with Gasteiger partial charge in [-0.25, -0.2) is 21.1 Å². The molecule has 0 heterocycles. The van der Waals surface area contributed by atoms with Crippen LogP contribution < -0.4 is 14.4 Å². The van der Waals surface area contributed by atoms with Crippen LogP contribution in [-0.2, 0) is 20.0 Å². The third kappa shape index (κ3) is 5.55. The van der Waals surface area contributed by atoms with E-state index in [9.17, 15) is 30.0 Å². The van der Waals surface area contributed by atoms with Crippen molar-refractivity contribution >= 4 is 31.4 Å². The molecule has 8 nitrogen and oxygen atoms in total. The van der Waals surface area contributed by atoms with Crippen molar-refractivity contribution in [3.8, 4) is 5.75 Å². The Morgan fingerprint density at radius 2 is 1.40 bits per heavy atom. The Balaban J connectivity index is 2.44. The van der Waals surface area contributed by atoms with Crippen LogP contribution in [-0.4, -0.2) is 55.7 Å². The van der Waals surface area contributed by atoms with Gasteiger partial charge in [-0.15, -0.1) is 13.2 Å². The number of halogens is 3. The fourth-order valence-electron chi connectivity index (χ4n) is 2.38. The lowest BCUT2D eigenvalue weighted by atomic mass is 10.2. The monoisotopic (exact) mass is 467 g/mol. The summed E-state index contributed by atoms with van der Waals surface area (Å²) in [5.74, 6) is -0.575. The highest BCUT2D eigenvalue weighted by Crippen LogP contribution is 2.31. The normalized spacial score (nSPS) is 12.7. The molecule has 2 rings (SSSR count). The van der Waals surface area contributed by atoms with E-state index in [0.29, 0.717) is 5.69 Å².